The number of nitrogens with zero attached hydrogens (tertiary/aromatic N) is 2. The van der Waals surface area contributed by atoms with Gasteiger partial charge in [-0.3, -0.25) is 14.8 Å². The van der Waals surface area contributed by atoms with Crippen molar-refractivity contribution in [1.29, 1.82) is 0 Å². The Bertz CT molecular complexity index is 1080. The maximum absolute atomic E-state index is 12.5. The van der Waals surface area contributed by atoms with Crippen molar-refractivity contribution in [3.05, 3.63) is 53.7 Å². The predicted octanol–water partition coefficient (Wildman–Crippen LogP) is 1.96. The van der Waals surface area contributed by atoms with E-state index in [1.807, 2.05) is 0 Å². The number of unbranched alkanes of at least 4 members (excludes halogenated alkanes) is 1. The number of benzene rings is 1. The largest absolute Gasteiger partial charge is 0.467 e. The van der Waals surface area contributed by atoms with Gasteiger partial charge < -0.3 is 10.1 Å². The van der Waals surface area contributed by atoms with Crippen molar-refractivity contribution < 1.29 is 27.3 Å². The number of hydrogen-bond acceptors (Lipinski definition) is 9. The lowest BCUT2D eigenvalue weighted by molar-refractivity contribution is -0.143. The minimum absolute atomic E-state index is 0.180. The monoisotopic (exact) mass is 497 g/mol. The summed E-state index contributed by atoms with van der Waals surface area (Å²) in [7, 11) is -3.14. The van der Waals surface area contributed by atoms with Crippen LogP contribution >= 0.6 is 11.8 Å². The lowest BCUT2D eigenvalue weighted by atomic mass is 10.1. The molecular formula is C20H24ClN5O6S. The van der Waals surface area contributed by atoms with Crippen LogP contribution in [0.3, 0.4) is 0 Å². The third-order valence-electron chi connectivity index (χ3n) is 4.41. The predicted molar refractivity (Wildman–Crippen MR) is 123 cm³/mol. The Morgan fingerprint density at radius 2 is 2.00 bits per heavy atom. The van der Waals surface area contributed by atoms with E-state index >= 15 is 0 Å². The fourth-order valence-corrected chi connectivity index (χ4v) is 3.56. The van der Waals surface area contributed by atoms with E-state index in [1.54, 1.807) is 6.07 Å². The molecule has 33 heavy (non-hydrogen) atoms. The molecule has 0 radical (unpaired) electrons. The lowest BCUT2D eigenvalue weighted by Gasteiger charge is -2.16. The van der Waals surface area contributed by atoms with Gasteiger partial charge in [0.25, 0.3) is 16.0 Å². The van der Waals surface area contributed by atoms with Crippen molar-refractivity contribution in [2.75, 3.05) is 19.1 Å². The number of anilines is 1. The molecule has 1 aromatic carbocycles. The van der Waals surface area contributed by atoms with Gasteiger partial charge in [-0.2, -0.15) is 13.5 Å². The summed E-state index contributed by atoms with van der Waals surface area (Å²) in [5, 5.41) is 6.53. The molecule has 0 saturated heterocycles. The number of amides is 1. The zero-order valence-electron chi connectivity index (χ0n) is 17.7. The van der Waals surface area contributed by atoms with E-state index in [-0.39, 0.29) is 21.8 Å². The molecule has 0 saturated carbocycles. The molecule has 2 rings (SSSR count). The molecule has 0 aliphatic rings. The number of hydrogen-bond donors (Lipinski definition) is 4. The van der Waals surface area contributed by atoms with Crippen molar-refractivity contribution in [2.45, 2.75) is 30.2 Å². The SMILES string of the molecule is COC(=O)C(CCCCNCl)NC(=O)c1ccc(NN=Cc2ccccc2S(=O)(=O)O)nc1. The Kier molecular flexibility index (Phi) is 10.2. The summed E-state index contributed by atoms with van der Waals surface area (Å²) in [6, 6.07) is 7.96. The topological polar surface area (TPSA) is 159 Å². The highest BCUT2D eigenvalue weighted by Gasteiger charge is 2.22. The quantitative estimate of drug-likeness (QED) is 0.0858. The van der Waals surface area contributed by atoms with Gasteiger partial charge in [0.2, 0.25) is 0 Å². The summed E-state index contributed by atoms with van der Waals surface area (Å²) in [5.74, 6) is -0.760. The summed E-state index contributed by atoms with van der Waals surface area (Å²) in [5.41, 5.74) is 3.01. The maximum Gasteiger partial charge on any atom is 0.328 e. The number of aromatic nitrogens is 1. The Morgan fingerprint density at radius 3 is 2.64 bits per heavy atom. The first-order valence-corrected chi connectivity index (χ1v) is 11.6. The normalized spacial score (nSPS) is 12.3. The third-order valence-corrected chi connectivity index (χ3v) is 5.53. The molecule has 0 bridgehead atoms. The number of ether oxygens (including phenoxy) is 1. The Morgan fingerprint density at radius 1 is 1.24 bits per heavy atom. The number of pyridine rings is 1. The Balaban J connectivity index is 1.99. The Hall–Kier alpha value is -3.06. The number of halogens is 1. The van der Waals surface area contributed by atoms with Gasteiger partial charge >= 0.3 is 5.97 Å². The number of carbonyl (C=O) groups excluding carboxylic acids is 2. The van der Waals surface area contributed by atoms with Crippen LogP contribution in [-0.4, -0.2) is 55.7 Å². The molecule has 0 fully saturated rings. The minimum Gasteiger partial charge on any atom is -0.467 e. The fourth-order valence-electron chi connectivity index (χ4n) is 2.76. The van der Waals surface area contributed by atoms with Gasteiger partial charge in [-0.05, 0) is 49.2 Å². The molecule has 4 N–H and O–H groups in total. The molecule has 0 aliphatic heterocycles. The van der Waals surface area contributed by atoms with Gasteiger partial charge in [-0.1, -0.05) is 18.2 Å². The van der Waals surface area contributed by atoms with Crippen LogP contribution in [0.4, 0.5) is 5.82 Å². The summed E-state index contributed by atoms with van der Waals surface area (Å²) < 4.78 is 36.8. The second kappa shape index (κ2) is 12.8. The second-order valence-corrected chi connectivity index (χ2v) is 8.40. The summed E-state index contributed by atoms with van der Waals surface area (Å²) in [6.45, 7) is 0.575. The third kappa shape index (κ3) is 8.42. The minimum atomic E-state index is -4.39. The van der Waals surface area contributed by atoms with Crippen LogP contribution < -0.4 is 15.6 Å². The van der Waals surface area contributed by atoms with Crippen LogP contribution in [0, 0.1) is 0 Å². The van der Waals surface area contributed by atoms with Crippen LogP contribution in [0.15, 0.2) is 52.6 Å². The first kappa shape index (κ1) is 26.2. The van der Waals surface area contributed by atoms with Crippen molar-refractivity contribution in [2.24, 2.45) is 5.10 Å². The van der Waals surface area contributed by atoms with Crippen LogP contribution in [0.2, 0.25) is 0 Å². The molecule has 178 valence electrons. The molecule has 1 atom stereocenters. The summed E-state index contributed by atoms with van der Waals surface area (Å²) in [6.07, 6.45) is 4.28. The summed E-state index contributed by atoms with van der Waals surface area (Å²) in [4.78, 5) is 30.7. The number of methoxy groups -OCH3 is 1. The average Bonchev–Trinajstić information content (AvgIpc) is 2.80. The molecule has 2 aromatic rings. The molecule has 1 amide bonds. The molecule has 13 heteroatoms. The molecular weight excluding hydrogens is 474 g/mol. The van der Waals surface area contributed by atoms with E-state index in [0.717, 1.165) is 6.42 Å². The highest BCUT2D eigenvalue weighted by Crippen LogP contribution is 2.13. The van der Waals surface area contributed by atoms with Gasteiger partial charge in [0, 0.05) is 18.3 Å². The summed E-state index contributed by atoms with van der Waals surface area (Å²) >= 11 is 5.41. The zero-order valence-corrected chi connectivity index (χ0v) is 19.3. The molecule has 1 heterocycles. The van der Waals surface area contributed by atoms with Gasteiger partial charge in [-0.25, -0.2) is 14.6 Å². The van der Waals surface area contributed by atoms with Gasteiger partial charge in [0.15, 0.2) is 0 Å². The van der Waals surface area contributed by atoms with E-state index in [4.69, 9.17) is 16.5 Å². The van der Waals surface area contributed by atoms with Crippen molar-refractivity contribution >= 4 is 45.8 Å². The van der Waals surface area contributed by atoms with Gasteiger partial charge in [-0.15, -0.1) is 0 Å². The first-order chi connectivity index (χ1) is 15.8. The van der Waals surface area contributed by atoms with Gasteiger partial charge in [0.1, 0.15) is 16.8 Å². The van der Waals surface area contributed by atoms with Gasteiger partial charge in [0.05, 0.1) is 18.9 Å². The van der Waals surface area contributed by atoms with E-state index in [9.17, 15) is 22.6 Å². The smallest absolute Gasteiger partial charge is 0.328 e. The van der Waals surface area contributed by atoms with Crippen LogP contribution in [-0.2, 0) is 19.6 Å². The Labute approximate surface area is 196 Å². The second-order valence-electron chi connectivity index (χ2n) is 6.74. The average molecular weight is 498 g/mol. The van der Waals surface area contributed by atoms with E-state index in [2.05, 4.69) is 25.7 Å². The molecule has 0 aliphatic carbocycles. The first-order valence-electron chi connectivity index (χ1n) is 9.80. The van der Waals surface area contributed by atoms with Crippen LogP contribution in [0.1, 0.15) is 35.2 Å². The lowest BCUT2D eigenvalue weighted by Crippen LogP contribution is -2.41. The number of carbonyl (C=O) groups is 2. The van der Waals surface area contributed by atoms with E-state index < -0.39 is 28.0 Å². The number of nitrogens with one attached hydrogen (secondary N) is 3. The zero-order chi connectivity index (χ0) is 24.3. The number of hydrazone groups is 1. The highest BCUT2D eigenvalue weighted by molar-refractivity contribution is 7.86. The standard InChI is InChI=1S/C20H24ClN5O6S/c1-32-20(28)16(7-4-5-11-23-21)25-19(27)15-9-10-18(22-12-15)26-24-13-14-6-2-3-8-17(14)33(29,30)31/h2-3,6,8-10,12-13,16,23H,4-5,7,11H2,1H3,(H,22,26)(H,25,27)(H,29,30,31). The van der Waals surface area contributed by atoms with Crippen LogP contribution in [0.5, 0.6) is 0 Å². The van der Waals surface area contributed by atoms with Crippen molar-refractivity contribution in [1.82, 2.24) is 15.1 Å². The molecule has 11 nitrogen and oxygen atoms in total. The number of rotatable bonds is 12. The molecule has 1 unspecified atom stereocenters. The van der Waals surface area contributed by atoms with E-state index in [1.165, 1.54) is 49.9 Å². The number of esters is 1. The molecule has 1 aromatic heterocycles. The van der Waals surface area contributed by atoms with Crippen LogP contribution in [0.25, 0.3) is 0 Å². The molecule has 0 spiro atoms. The fraction of sp³-hybridized carbons (Fsp3) is 0.300. The maximum atomic E-state index is 12.5. The van der Waals surface area contributed by atoms with Crippen molar-refractivity contribution in [3.63, 3.8) is 0 Å². The highest BCUT2D eigenvalue weighted by atomic mass is 35.5. The van der Waals surface area contributed by atoms with Crippen molar-refractivity contribution in [3.8, 4) is 0 Å². The van der Waals surface area contributed by atoms with E-state index in [0.29, 0.717) is 19.4 Å².